The number of hydrogen-bond acceptors (Lipinski definition) is 3. The van der Waals surface area contributed by atoms with E-state index in [2.05, 4.69) is 25.9 Å². The Bertz CT molecular complexity index is 1020. The molecule has 0 spiro atoms. The van der Waals surface area contributed by atoms with E-state index in [1.54, 1.807) is 44.5 Å². The molecule has 2 aromatic carbocycles. The maximum Gasteiger partial charge on any atom is 0.251 e. The average molecular weight is 539 g/mol. The second kappa shape index (κ2) is 12.1. The van der Waals surface area contributed by atoms with E-state index in [4.69, 9.17) is 4.74 Å². The van der Waals surface area contributed by atoms with Crippen LogP contribution >= 0.6 is 24.0 Å². The molecule has 0 atom stereocenters. The lowest BCUT2D eigenvalue weighted by Crippen LogP contribution is -2.42. The number of guanidine groups is 1. The third-order valence-corrected chi connectivity index (χ3v) is 4.70. The van der Waals surface area contributed by atoms with Gasteiger partial charge in [0.05, 0.1) is 7.11 Å². The van der Waals surface area contributed by atoms with Crippen LogP contribution < -0.4 is 20.7 Å². The van der Waals surface area contributed by atoms with Crippen molar-refractivity contribution in [1.82, 2.24) is 20.9 Å². The lowest BCUT2D eigenvalue weighted by atomic mass is 10.1. The first-order valence-corrected chi connectivity index (χ1v) is 9.73. The molecular formula is C22H27FIN5O2. The first-order chi connectivity index (χ1) is 14.6. The van der Waals surface area contributed by atoms with Crippen LogP contribution in [0.1, 0.15) is 15.9 Å². The van der Waals surface area contributed by atoms with Gasteiger partial charge in [0.15, 0.2) is 5.96 Å². The van der Waals surface area contributed by atoms with Gasteiger partial charge in [-0.3, -0.25) is 9.79 Å². The molecule has 0 aliphatic heterocycles. The number of nitrogens with zero attached hydrogens (tertiary/aromatic N) is 1. The van der Waals surface area contributed by atoms with Gasteiger partial charge in [-0.25, -0.2) is 4.39 Å². The van der Waals surface area contributed by atoms with Crippen molar-refractivity contribution in [1.29, 1.82) is 0 Å². The van der Waals surface area contributed by atoms with Crippen LogP contribution in [-0.2, 0) is 6.42 Å². The minimum atomic E-state index is -0.252. The summed E-state index contributed by atoms with van der Waals surface area (Å²) in [4.78, 5) is 19.4. The van der Waals surface area contributed by atoms with Crippen molar-refractivity contribution in [2.24, 2.45) is 4.99 Å². The first kappa shape index (κ1) is 24.4. The molecule has 0 unspecified atom stereocenters. The van der Waals surface area contributed by atoms with Crippen LogP contribution in [0.4, 0.5) is 4.39 Å². The normalized spacial score (nSPS) is 11.0. The molecule has 9 heteroatoms. The van der Waals surface area contributed by atoms with Crippen LogP contribution in [0.5, 0.6) is 5.75 Å². The van der Waals surface area contributed by atoms with Crippen molar-refractivity contribution in [3.63, 3.8) is 0 Å². The number of aromatic amines is 1. The molecule has 0 saturated heterocycles. The smallest absolute Gasteiger partial charge is 0.251 e. The van der Waals surface area contributed by atoms with Gasteiger partial charge in [-0.1, -0.05) is 0 Å². The minimum Gasteiger partial charge on any atom is -0.497 e. The molecule has 1 heterocycles. The van der Waals surface area contributed by atoms with Gasteiger partial charge in [0.1, 0.15) is 11.6 Å². The molecule has 1 aromatic heterocycles. The highest BCUT2D eigenvalue weighted by Gasteiger charge is 2.06. The Balaban J connectivity index is 0.00000341. The molecule has 0 aliphatic rings. The molecule has 166 valence electrons. The first-order valence-electron chi connectivity index (χ1n) is 9.73. The number of halogens is 2. The standard InChI is InChI=1S/C22H26FN5O2.HI/c1-24-22(26-10-9-16-14-28-20-13-17(23)5-8-19(16)20)27-12-11-25-21(29)15-3-6-18(30-2)7-4-15;/h3-8,13-14,28H,9-12H2,1-2H3,(H,25,29)(H2,24,26,27);1H. The number of hydrogen-bond donors (Lipinski definition) is 4. The third kappa shape index (κ3) is 6.84. The minimum absolute atomic E-state index is 0. The van der Waals surface area contributed by atoms with Gasteiger partial charge < -0.3 is 25.7 Å². The van der Waals surface area contributed by atoms with Gasteiger partial charge >= 0.3 is 0 Å². The quantitative estimate of drug-likeness (QED) is 0.153. The zero-order chi connectivity index (χ0) is 21.3. The number of methoxy groups -OCH3 is 1. The number of benzene rings is 2. The summed E-state index contributed by atoms with van der Waals surface area (Å²) in [7, 11) is 3.28. The van der Waals surface area contributed by atoms with E-state index < -0.39 is 0 Å². The van der Waals surface area contributed by atoms with Crippen molar-refractivity contribution in [2.45, 2.75) is 6.42 Å². The molecule has 0 aliphatic carbocycles. The summed E-state index contributed by atoms with van der Waals surface area (Å²) >= 11 is 0. The second-order valence-electron chi connectivity index (χ2n) is 6.66. The van der Waals surface area contributed by atoms with E-state index in [0.29, 0.717) is 36.9 Å². The Hall–Kier alpha value is -2.82. The molecule has 4 N–H and O–H groups in total. The van der Waals surface area contributed by atoms with Crippen LogP contribution in [0.3, 0.4) is 0 Å². The van der Waals surface area contributed by atoms with Crippen LogP contribution in [0.25, 0.3) is 10.9 Å². The maximum atomic E-state index is 13.3. The number of fused-ring (bicyclic) bond motifs is 1. The summed E-state index contributed by atoms with van der Waals surface area (Å²) in [6.45, 7) is 1.66. The maximum absolute atomic E-state index is 13.3. The number of ether oxygens (including phenoxy) is 1. The summed E-state index contributed by atoms with van der Waals surface area (Å²) in [5.74, 6) is 0.971. The number of aromatic nitrogens is 1. The Kier molecular flexibility index (Phi) is 9.57. The monoisotopic (exact) mass is 539 g/mol. The van der Waals surface area contributed by atoms with E-state index in [1.807, 2.05) is 6.20 Å². The van der Waals surface area contributed by atoms with Crippen molar-refractivity contribution in [3.8, 4) is 5.75 Å². The predicted molar refractivity (Wildman–Crippen MR) is 132 cm³/mol. The number of rotatable bonds is 8. The highest BCUT2D eigenvalue weighted by atomic mass is 127. The number of carbonyl (C=O) groups excluding carboxylic acids is 1. The Morgan fingerprint density at radius 2 is 1.77 bits per heavy atom. The summed E-state index contributed by atoms with van der Waals surface area (Å²) in [5, 5.41) is 10.3. The molecule has 3 aromatic rings. The summed E-state index contributed by atoms with van der Waals surface area (Å²) in [6, 6.07) is 11.7. The molecule has 31 heavy (non-hydrogen) atoms. The largest absolute Gasteiger partial charge is 0.497 e. The average Bonchev–Trinajstić information content (AvgIpc) is 3.17. The van der Waals surface area contributed by atoms with Crippen molar-refractivity contribution in [2.75, 3.05) is 33.8 Å². The molecule has 0 bridgehead atoms. The van der Waals surface area contributed by atoms with Gasteiger partial charge in [-0.05, 0) is 54.4 Å². The zero-order valence-electron chi connectivity index (χ0n) is 17.5. The molecule has 1 amide bonds. The molecule has 0 saturated carbocycles. The molecule has 0 radical (unpaired) electrons. The number of aliphatic imine (C=N–C) groups is 1. The van der Waals surface area contributed by atoms with Gasteiger partial charge in [0, 0.05) is 49.3 Å². The number of H-pyrrole nitrogens is 1. The summed E-state index contributed by atoms with van der Waals surface area (Å²) < 4.78 is 18.4. The fourth-order valence-electron chi connectivity index (χ4n) is 3.10. The summed E-state index contributed by atoms with van der Waals surface area (Å²) in [5.41, 5.74) is 2.48. The van der Waals surface area contributed by atoms with Crippen LogP contribution in [-0.4, -0.2) is 50.6 Å². The Morgan fingerprint density at radius 1 is 1.06 bits per heavy atom. The zero-order valence-corrected chi connectivity index (χ0v) is 19.8. The van der Waals surface area contributed by atoms with Crippen LogP contribution in [0.2, 0.25) is 0 Å². The lowest BCUT2D eigenvalue weighted by Gasteiger charge is -2.12. The van der Waals surface area contributed by atoms with Crippen molar-refractivity contribution in [3.05, 3.63) is 65.6 Å². The number of amides is 1. The fraction of sp³-hybridized carbons (Fsp3) is 0.273. The number of nitrogens with one attached hydrogen (secondary N) is 4. The van der Waals surface area contributed by atoms with Gasteiger partial charge in [-0.2, -0.15) is 0 Å². The van der Waals surface area contributed by atoms with Crippen LogP contribution in [0.15, 0.2) is 53.7 Å². The lowest BCUT2D eigenvalue weighted by molar-refractivity contribution is 0.0954. The number of carbonyl (C=O) groups is 1. The topological polar surface area (TPSA) is 90.5 Å². The predicted octanol–water partition coefficient (Wildman–Crippen LogP) is 3.07. The van der Waals surface area contributed by atoms with Crippen molar-refractivity contribution < 1.29 is 13.9 Å². The van der Waals surface area contributed by atoms with E-state index in [-0.39, 0.29) is 35.7 Å². The Labute approximate surface area is 197 Å². The van der Waals surface area contributed by atoms with Gasteiger partial charge in [0.2, 0.25) is 0 Å². The van der Waals surface area contributed by atoms with E-state index >= 15 is 0 Å². The fourth-order valence-corrected chi connectivity index (χ4v) is 3.10. The highest BCUT2D eigenvalue weighted by Crippen LogP contribution is 2.19. The van der Waals surface area contributed by atoms with E-state index in [9.17, 15) is 9.18 Å². The van der Waals surface area contributed by atoms with E-state index in [1.165, 1.54) is 12.1 Å². The molecule has 0 fully saturated rings. The third-order valence-electron chi connectivity index (χ3n) is 4.70. The highest BCUT2D eigenvalue weighted by molar-refractivity contribution is 14.0. The van der Waals surface area contributed by atoms with E-state index in [0.717, 1.165) is 22.9 Å². The van der Waals surface area contributed by atoms with Gasteiger partial charge in [0.25, 0.3) is 5.91 Å². The SMILES string of the molecule is CN=C(NCCNC(=O)c1ccc(OC)cc1)NCCc1c[nH]c2cc(F)ccc12.I. The van der Waals surface area contributed by atoms with Crippen molar-refractivity contribution >= 4 is 46.7 Å². The summed E-state index contributed by atoms with van der Waals surface area (Å²) in [6.07, 6.45) is 2.66. The van der Waals surface area contributed by atoms with Gasteiger partial charge in [-0.15, -0.1) is 24.0 Å². The molecular weight excluding hydrogens is 512 g/mol. The Morgan fingerprint density at radius 3 is 2.48 bits per heavy atom. The second-order valence-corrected chi connectivity index (χ2v) is 6.66. The molecule has 7 nitrogen and oxygen atoms in total. The van der Waals surface area contributed by atoms with Crippen LogP contribution in [0, 0.1) is 5.82 Å². The molecule has 3 rings (SSSR count).